The number of ether oxygens (including phenoxy) is 2. The van der Waals surface area contributed by atoms with Crippen LogP contribution in [-0.2, 0) is 22.7 Å². The molecule has 2 atom stereocenters. The lowest BCUT2D eigenvalue weighted by atomic mass is 10.2. The molecule has 0 radical (unpaired) electrons. The number of thioether (sulfide) groups is 1. The number of hydrogen-bond acceptors (Lipinski definition) is 3. The van der Waals surface area contributed by atoms with Gasteiger partial charge in [-0.2, -0.15) is 0 Å². The molecule has 2 aromatic carbocycles. The van der Waals surface area contributed by atoms with Crippen molar-refractivity contribution in [3.63, 3.8) is 0 Å². The van der Waals surface area contributed by atoms with Gasteiger partial charge in [-0.1, -0.05) is 60.7 Å². The molecule has 0 amide bonds. The molecule has 0 fully saturated rings. The van der Waals surface area contributed by atoms with Crippen molar-refractivity contribution in [2.75, 3.05) is 6.61 Å². The Morgan fingerprint density at radius 1 is 0.818 bits per heavy atom. The Kier molecular flexibility index (Phi) is 5.71. The van der Waals surface area contributed by atoms with Crippen LogP contribution >= 0.6 is 11.8 Å². The molecule has 0 aromatic heterocycles. The monoisotopic (exact) mass is 312 g/mol. The quantitative estimate of drug-likeness (QED) is 0.754. The maximum atomic E-state index is 6.02. The Bertz CT molecular complexity index is 583. The molecule has 0 N–H and O–H groups in total. The van der Waals surface area contributed by atoms with Crippen molar-refractivity contribution in [2.45, 2.75) is 24.6 Å². The van der Waals surface area contributed by atoms with Crippen molar-refractivity contribution in [1.29, 1.82) is 0 Å². The fourth-order valence-corrected chi connectivity index (χ4v) is 3.30. The Balaban J connectivity index is 1.43. The second-order valence-electron chi connectivity index (χ2n) is 5.27. The zero-order chi connectivity index (χ0) is 15.0. The minimum atomic E-state index is 0.126. The standard InChI is InChI=1S/C19H20O2S/c1-3-7-16(8-4-1)13-20-15-19-18(11-12-22-19)21-14-17-9-5-2-6-10-17/h1-12,18-19H,13-15H2/t18-,19+/m0/s1. The van der Waals surface area contributed by atoms with Gasteiger partial charge >= 0.3 is 0 Å². The van der Waals surface area contributed by atoms with Gasteiger partial charge < -0.3 is 9.47 Å². The van der Waals surface area contributed by atoms with Gasteiger partial charge in [0.2, 0.25) is 0 Å². The summed E-state index contributed by atoms with van der Waals surface area (Å²) in [5.41, 5.74) is 2.41. The predicted molar refractivity (Wildman–Crippen MR) is 91.6 cm³/mol. The number of benzene rings is 2. The fourth-order valence-electron chi connectivity index (χ4n) is 2.36. The molecule has 1 aliphatic rings. The molecule has 0 saturated heterocycles. The van der Waals surface area contributed by atoms with E-state index >= 15 is 0 Å². The molecule has 114 valence electrons. The third-order valence-corrected chi connectivity index (χ3v) is 4.64. The predicted octanol–water partition coefficient (Wildman–Crippen LogP) is 4.42. The van der Waals surface area contributed by atoms with Gasteiger partial charge in [0.25, 0.3) is 0 Å². The lowest BCUT2D eigenvalue weighted by Gasteiger charge is -2.19. The molecule has 3 heteroatoms. The highest BCUT2D eigenvalue weighted by Crippen LogP contribution is 2.28. The van der Waals surface area contributed by atoms with Crippen LogP contribution in [0.2, 0.25) is 0 Å². The molecule has 0 spiro atoms. The Labute approximate surface area is 136 Å². The summed E-state index contributed by atoms with van der Waals surface area (Å²) in [6.45, 7) is 2.00. The van der Waals surface area contributed by atoms with Crippen LogP contribution in [0.15, 0.2) is 72.1 Å². The number of rotatable bonds is 7. The molecule has 0 saturated carbocycles. The van der Waals surface area contributed by atoms with Gasteiger partial charge in [-0.05, 0) is 22.6 Å². The van der Waals surface area contributed by atoms with E-state index in [4.69, 9.17) is 9.47 Å². The average Bonchev–Trinajstić information content (AvgIpc) is 3.02. The molecule has 0 aliphatic carbocycles. The highest BCUT2D eigenvalue weighted by molar-refractivity contribution is 8.03. The van der Waals surface area contributed by atoms with Gasteiger partial charge in [0.1, 0.15) is 0 Å². The average molecular weight is 312 g/mol. The second kappa shape index (κ2) is 8.18. The van der Waals surface area contributed by atoms with Crippen LogP contribution in [0.25, 0.3) is 0 Å². The maximum absolute atomic E-state index is 6.02. The largest absolute Gasteiger partial charge is 0.375 e. The smallest absolute Gasteiger partial charge is 0.0912 e. The summed E-state index contributed by atoms with van der Waals surface area (Å²) in [4.78, 5) is 0. The molecule has 1 heterocycles. The maximum Gasteiger partial charge on any atom is 0.0912 e. The van der Waals surface area contributed by atoms with Crippen molar-refractivity contribution in [1.82, 2.24) is 0 Å². The first-order valence-electron chi connectivity index (χ1n) is 7.51. The summed E-state index contributed by atoms with van der Waals surface area (Å²) in [5, 5.41) is 2.46. The van der Waals surface area contributed by atoms with Crippen LogP contribution in [-0.4, -0.2) is 18.0 Å². The minimum absolute atomic E-state index is 0.126. The van der Waals surface area contributed by atoms with Crippen molar-refractivity contribution in [3.05, 3.63) is 83.3 Å². The third-order valence-electron chi connectivity index (χ3n) is 3.57. The summed E-state index contributed by atoms with van der Waals surface area (Å²) >= 11 is 1.79. The lowest BCUT2D eigenvalue weighted by Crippen LogP contribution is -2.25. The zero-order valence-electron chi connectivity index (χ0n) is 12.4. The molecular weight excluding hydrogens is 292 g/mol. The van der Waals surface area contributed by atoms with E-state index in [1.165, 1.54) is 11.1 Å². The normalized spacial score (nSPS) is 20.4. The zero-order valence-corrected chi connectivity index (χ0v) is 13.2. The van der Waals surface area contributed by atoms with Gasteiger partial charge in [-0.3, -0.25) is 0 Å². The van der Waals surface area contributed by atoms with E-state index < -0.39 is 0 Å². The topological polar surface area (TPSA) is 18.5 Å². The van der Waals surface area contributed by atoms with E-state index in [0.29, 0.717) is 25.1 Å². The van der Waals surface area contributed by atoms with E-state index in [2.05, 4.69) is 35.7 Å². The summed E-state index contributed by atoms with van der Waals surface area (Å²) in [7, 11) is 0. The lowest BCUT2D eigenvalue weighted by molar-refractivity contribution is 0.0406. The van der Waals surface area contributed by atoms with Crippen LogP contribution in [0.3, 0.4) is 0 Å². The fraction of sp³-hybridized carbons (Fsp3) is 0.263. The van der Waals surface area contributed by atoms with Crippen LogP contribution in [0.1, 0.15) is 11.1 Å². The third kappa shape index (κ3) is 4.47. The second-order valence-corrected chi connectivity index (χ2v) is 6.41. The van der Waals surface area contributed by atoms with Gasteiger partial charge in [0.15, 0.2) is 0 Å². The van der Waals surface area contributed by atoms with Crippen molar-refractivity contribution in [3.8, 4) is 0 Å². The SMILES string of the molecule is C1=C[C@H](OCc2ccccc2)[C@@H](COCc2ccccc2)S1. The first-order valence-corrected chi connectivity index (χ1v) is 8.45. The van der Waals surface area contributed by atoms with Crippen LogP contribution < -0.4 is 0 Å². The molecular formula is C19H20O2S. The van der Waals surface area contributed by atoms with E-state index in [1.807, 2.05) is 36.4 Å². The first kappa shape index (κ1) is 15.3. The van der Waals surface area contributed by atoms with Crippen molar-refractivity contribution in [2.24, 2.45) is 0 Å². The van der Waals surface area contributed by atoms with Crippen LogP contribution in [0.4, 0.5) is 0 Å². The van der Waals surface area contributed by atoms with Gasteiger partial charge in [-0.15, -0.1) is 11.8 Å². The molecule has 3 rings (SSSR count). The summed E-state index contributed by atoms with van der Waals surface area (Å²) in [5.74, 6) is 0. The molecule has 0 unspecified atom stereocenters. The van der Waals surface area contributed by atoms with E-state index in [9.17, 15) is 0 Å². The summed E-state index contributed by atoms with van der Waals surface area (Å²) in [6.07, 6.45) is 2.26. The Morgan fingerprint density at radius 3 is 2.14 bits per heavy atom. The van der Waals surface area contributed by atoms with E-state index in [1.54, 1.807) is 11.8 Å². The van der Waals surface area contributed by atoms with Gasteiger partial charge in [-0.25, -0.2) is 0 Å². The molecule has 1 aliphatic heterocycles. The van der Waals surface area contributed by atoms with Gasteiger partial charge in [0, 0.05) is 0 Å². The molecule has 2 aromatic rings. The highest BCUT2D eigenvalue weighted by atomic mass is 32.2. The Morgan fingerprint density at radius 2 is 1.45 bits per heavy atom. The molecule has 2 nitrogen and oxygen atoms in total. The van der Waals surface area contributed by atoms with Crippen molar-refractivity contribution < 1.29 is 9.47 Å². The number of hydrogen-bond donors (Lipinski definition) is 0. The summed E-state index contributed by atoms with van der Waals surface area (Å²) < 4.78 is 11.9. The van der Waals surface area contributed by atoms with Crippen molar-refractivity contribution >= 4 is 11.8 Å². The molecule has 0 bridgehead atoms. The highest BCUT2D eigenvalue weighted by Gasteiger charge is 2.24. The van der Waals surface area contributed by atoms with E-state index in [0.717, 1.165) is 0 Å². The minimum Gasteiger partial charge on any atom is -0.375 e. The van der Waals surface area contributed by atoms with Crippen LogP contribution in [0, 0.1) is 0 Å². The Hall–Kier alpha value is -1.55. The van der Waals surface area contributed by atoms with E-state index in [-0.39, 0.29) is 6.10 Å². The van der Waals surface area contributed by atoms with Crippen LogP contribution in [0.5, 0.6) is 0 Å². The molecule has 22 heavy (non-hydrogen) atoms. The first-order chi connectivity index (χ1) is 10.9. The van der Waals surface area contributed by atoms with Gasteiger partial charge in [0.05, 0.1) is 31.2 Å². The summed E-state index contributed by atoms with van der Waals surface area (Å²) in [6, 6.07) is 20.6.